The minimum Gasteiger partial charge on any atom is -0.289 e. The molecule has 2 atom stereocenters. The second-order valence-corrected chi connectivity index (χ2v) is 3.77. The second kappa shape index (κ2) is 5.05. The Bertz CT molecular complexity index is 200. The van der Waals surface area contributed by atoms with E-state index in [-0.39, 0.29) is 18.6 Å². The van der Waals surface area contributed by atoms with Gasteiger partial charge in [-0.05, 0) is 26.7 Å². The summed E-state index contributed by atoms with van der Waals surface area (Å²) in [6.07, 6.45) is 4.93. The van der Waals surface area contributed by atoms with Crippen LogP contribution in [-0.2, 0) is 4.79 Å². The fourth-order valence-corrected chi connectivity index (χ4v) is 2.07. The maximum absolute atomic E-state index is 10.5. The molecule has 0 bridgehead atoms. The topological polar surface area (TPSA) is 53.0 Å². The van der Waals surface area contributed by atoms with Crippen LogP contribution in [-0.4, -0.2) is 35.0 Å². The highest BCUT2D eigenvalue weighted by Gasteiger charge is 2.29. The third-order valence-electron chi connectivity index (χ3n) is 2.71. The van der Waals surface area contributed by atoms with E-state index < -0.39 is 0 Å². The number of hydrazine groups is 1. The maximum atomic E-state index is 10.5. The number of piperidine rings is 1. The summed E-state index contributed by atoms with van der Waals surface area (Å²) in [6, 6.07) is 0.537. The van der Waals surface area contributed by atoms with Crippen LogP contribution in [0.25, 0.3) is 0 Å². The Morgan fingerprint density at radius 3 is 2.43 bits per heavy atom. The van der Waals surface area contributed by atoms with Crippen molar-refractivity contribution in [3.63, 3.8) is 0 Å². The first kappa shape index (κ1) is 11.1. The van der Waals surface area contributed by atoms with E-state index in [1.165, 1.54) is 5.12 Å². The van der Waals surface area contributed by atoms with Crippen molar-refractivity contribution >= 4 is 6.29 Å². The number of hydrogen-bond donors (Lipinski definition) is 0. The summed E-state index contributed by atoms with van der Waals surface area (Å²) in [5, 5.41) is 5.91. The van der Waals surface area contributed by atoms with Crippen LogP contribution in [0.4, 0.5) is 0 Å². The molecule has 1 fully saturated rings. The van der Waals surface area contributed by atoms with Crippen LogP contribution in [0.15, 0.2) is 5.29 Å². The number of nitrogens with zero attached hydrogens (tertiary/aromatic N) is 3. The molecule has 1 saturated heterocycles. The summed E-state index contributed by atoms with van der Waals surface area (Å²) >= 11 is 0. The van der Waals surface area contributed by atoms with Gasteiger partial charge in [-0.15, -0.1) is 4.91 Å². The molecule has 5 nitrogen and oxygen atoms in total. The van der Waals surface area contributed by atoms with Crippen LogP contribution in [0, 0.1) is 4.91 Å². The molecule has 0 saturated carbocycles. The van der Waals surface area contributed by atoms with E-state index in [1.807, 2.05) is 18.9 Å². The number of rotatable bonds is 4. The molecule has 0 N–H and O–H groups in total. The first-order chi connectivity index (χ1) is 6.70. The van der Waals surface area contributed by atoms with E-state index in [4.69, 9.17) is 0 Å². The SMILES string of the molecule is CC1CCCC(C)N1N(C[C]=O)N=O. The van der Waals surface area contributed by atoms with E-state index in [9.17, 15) is 9.70 Å². The van der Waals surface area contributed by atoms with Crippen LogP contribution in [0.2, 0.25) is 0 Å². The third kappa shape index (κ3) is 2.29. The van der Waals surface area contributed by atoms with E-state index in [1.54, 1.807) is 6.29 Å². The van der Waals surface area contributed by atoms with Crippen molar-refractivity contribution in [1.82, 2.24) is 10.1 Å². The van der Waals surface area contributed by atoms with Crippen LogP contribution >= 0.6 is 0 Å². The Morgan fingerprint density at radius 2 is 2.00 bits per heavy atom. The number of hydrogen-bond acceptors (Lipinski definition) is 4. The molecule has 1 radical (unpaired) electrons. The van der Waals surface area contributed by atoms with Gasteiger partial charge in [-0.2, -0.15) is 10.1 Å². The molecule has 14 heavy (non-hydrogen) atoms. The van der Waals surface area contributed by atoms with Gasteiger partial charge in [-0.1, -0.05) is 6.42 Å². The van der Waals surface area contributed by atoms with Gasteiger partial charge in [-0.3, -0.25) is 4.79 Å². The van der Waals surface area contributed by atoms with Gasteiger partial charge in [0.2, 0.25) is 6.29 Å². The average molecular weight is 198 g/mol. The smallest absolute Gasteiger partial charge is 0.223 e. The molecule has 0 amide bonds. The third-order valence-corrected chi connectivity index (χ3v) is 2.71. The molecule has 79 valence electrons. The molecule has 0 aromatic carbocycles. The van der Waals surface area contributed by atoms with E-state index in [2.05, 4.69) is 5.29 Å². The molecule has 5 heteroatoms. The molecule has 1 heterocycles. The zero-order valence-electron chi connectivity index (χ0n) is 8.64. The van der Waals surface area contributed by atoms with Crippen molar-refractivity contribution in [3.8, 4) is 0 Å². The van der Waals surface area contributed by atoms with Gasteiger partial charge in [0.1, 0.15) is 6.54 Å². The van der Waals surface area contributed by atoms with Gasteiger partial charge in [0.05, 0.1) is 5.29 Å². The standard InChI is InChI=1S/C9H16N3O2/c1-8-4-3-5-9(2)12(8)11(10-14)6-7-13/h8-9H,3-6H2,1-2H3. The van der Waals surface area contributed by atoms with E-state index in [0.717, 1.165) is 19.3 Å². The fourth-order valence-electron chi connectivity index (χ4n) is 2.07. The van der Waals surface area contributed by atoms with Crippen LogP contribution < -0.4 is 0 Å². The van der Waals surface area contributed by atoms with Crippen molar-refractivity contribution in [2.75, 3.05) is 6.54 Å². The van der Waals surface area contributed by atoms with Crippen LogP contribution in [0.1, 0.15) is 33.1 Å². The first-order valence-corrected chi connectivity index (χ1v) is 4.94. The summed E-state index contributed by atoms with van der Waals surface area (Å²) in [5.41, 5.74) is 0. The normalized spacial score (nSPS) is 28.4. The monoisotopic (exact) mass is 198 g/mol. The molecule has 1 aliphatic heterocycles. The summed E-state index contributed by atoms with van der Waals surface area (Å²) in [7, 11) is 0. The lowest BCUT2D eigenvalue weighted by atomic mass is 10.00. The Hall–Kier alpha value is -0.970. The summed E-state index contributed by atoms with van der Waals surface area (Å²) in [5.74, 6) is 0. The highest BCUT2D eigenvalue weighted by atomic mass is 16.3. The average Bonchev–Trinajstić information content (AvgIpc) is 2.16. The summed E-state index contributed by atoms with van der Waals surface area (Å²) in [4.78, 5) is 20.8. The predicted molar refractivity (Wildman–Crippen MR) is 52.8 cm³/mol. The van der Waals surface area contributed by atoms with Gasteiger partial charge in [-0.25, -0.2) is 0 Å². The minimum absolute atomic E-state index is 0.0713. The summed E-state index contributed by atoms with van der Waals surface area (Å²) in [6.45, 7) is 4.01. The minimum atomic E-state index is -0.0713. The lowest BCUT2D eigenvalue weighted by Crippen LogP contribution is -2.52. The Kier molecular flexibility index (Phi) is 4.00. The second-order valence-electron chi connectivity index (χ2n) is 3.77. The van der Waals surface area contributed by atoms with Gasteiger partial charge < -0.3 is 0 Å². The van der Waals surface area contributed by atoms with Gasteiger partial charge in [0, 0.05) is 12.1 Å². The molecule has 0 aliphatic carbocycles. The van der Waals surface area contributed by atoms with Crippen molar-refractivity contribution in [1.29, 1.82) is 0 Å². The Labute approximate surface area is 84.0 Å². The zero-order chi connectivity index (χ0) is 10.6. The molecule has 2 unspecified atom stereocenters. The fraction of sp³-hybridized carbons (Fsp3) is 0.889. The van der Waals surface area contributed by atoms with Crippen molar-refractivity contribution < 1.29 is 4.79 Å². The highest BCUT2D eigenvalue weighted by Crippen LogP contribution is 2.24. The molecule has 1 rings (SSSR count). The van der Waals surface area contributed by atoms with Crippen molar-refractivity contribution in [2.45, 2.75) is 45.2 Å². The zero-order valence-corrected chi connectivity index (χ0v) is 8.64. The first-order valence-electron chi connectivity index (χ1n) is 4.94. The van der Waals surface area contributed by atoms with Crippen LogP contribution in [0.5, 0.6) is 0 Å². The van der Waals surface area contributed by atoms with Crippen LogP contribution in [0.3, 0.4) is 0 Å². The number of nitroso groups, excluding NO2 is 1. The largest absolute Gasteiger partial charge is 0.289 e. The predicted octanol–water partition coefficient (Wildman–Crippen LogP) is 1.26. The highest BCUT2D eigenvalue weighted by molar-refractivity contribution is 5.52. The Balaban J connectivity index is 2.68. The molecular formula is C9H16N3O2. The molecule has 1 aliphatic rings. The van der Waals surface area contributed by atoms with E-state index in [0.29, 0.717) is 0 Å². The van der Waals surface area contributed by atoms with Gasteiger partial charge >= 0.3 is 0 Å². The molecule has 0 aromatic rings. The molecular weight excluding hydrogens is 182 g/mol. The van der Waals surface area contributed by atoms with Crippen molar-refractivity contribution in [3.05, 3.63) is 4.91 Å². The number of carbonyl (C=O) groups excluding carboxylic acids is 1. The maximum Gasteiger partial charge on any atom is 0.223 e. The van der Waals surface area contributed by atoms with Gasteiger partial charge in [0.25, 0.3) is 0 Å². The lowest BCUT2D eigenvalue weighted by Gasteiger charge is -2.41. The Morgan fingerprint density at radius 1 is 1.43 bits per heavy atom. The van der Waals surface area contributed by atoms with Gasteiger partial charge in [0.15, 0.2) is 0 Å². The van der Waals surface area contributed by atoms with E-state index >= 15 is 0 Å². The molecule has 0 spiro atoms. The quantitative estimate of drug-likeness (QED) is 0.504. The lowest BCUT2D eigenvalue weighted by molar-refractivity contribution is -0.0954. The molecule has 0 aromatic heterocycles. The summed E-state index contributed by atoms with van der Waals surface area (Å²) < 4.78 is 0. The van der Waals surface area contributed by atoms with Crippen molar-refractivity contribution in [2.24, 2.45) is 5.29 Å².